The smallest absolute Gasteiger partial charge is 0.229 e. The number of hydrogen-bond donors (Lipinski definition) is 2. The van der Waals surface area contributed by atoms with Crippen molar-refractivity contribution in [2.45, 2.75) is 27.2 Å². The Bertz CT molecular complexity index is 661. The predicted molar refractivity (Wildman–Crippen MR) is 96.0 cm³/mol. The third-order valence-electron chi connectivity index (χ3n) is 3.29. The lowest BCUT2D eigenvalue weighted by Gasteiger charge is -2.11. The number of hydrogen-bond acceptors (Lipinski definition) is 5. The molecule has 0 spiro atoms. The van der Waals surface area contributed by atoms with Crippen molar-refractivity contribution in [1.82, 2.24) is 9.97 Å². The topological polar surface area (TPSA) is 59.1 Å². The molecule has 1 aromatic carbocycles. The van der Waals surface area contributed by atoms with E-state index in [1.54, 1.807) is 13.2 Å². The van der Waals surface area contributed by atoms with Gasteiger partial charge < -0.3 is 15.4 Å². The summed E-state index contributed by atoms with van der Waals surface area (Å²) in [6, 6.07) is 7.41. The molecule has 0 aliphatic carbocycles. The second-order valence-electron chi connectivity index (χ2n) is 5.80. The van der Waals surface area contributed by atoms with Gasteiger partial charge in [0.05, 0.1) is 12.1 Å². The van der Waals surface area contributed by atoms with Crippen molar-refractivity contribution in [3.8, 4) is 5.75 Å². The summed E-state index contributed by atoms with van der Waals surface area (Å²) in [7, 11) is 1.59. The Labute approximate surface area is 142 Å². The second kappa shape index (κ2) is 8.02. The van der Waals surface area contributed by atoms with Gasteiger partial charge in [0.2, 0.25) is 5.95 Å². The number of nitrogens with one attached hydrogen (secondary N) is 2. The maximum Gasteiger partial charge on any atom is 0.229 e. The molecule has 0 fully saturated rings. The minimum atomic E-state index is 0.540. The standard InChI is InChI=1S/C17H23ClN4O/c1-11(2)7-8-19-16-9-12(3)20-17(22-16)21-13-5-6-15(23-4)14(18)10-13/h5-6,9-11H,7-8H2,1-4H3,(H2,19,20,21,22). The zero-order chi connectivity index (χ0) is 16.8. The normalized spacial score (nSPS) is 10.7. The fourth-order valence-electron chi connectivity index (χ4n) is 2.08. The number of nitrogens with zero attached hydrogens (tertiary/aromatic N) is 2. The van der Waals surface area contributed by atoms with Crippen LogP contribution in [0.3, 0.4) is 0 Å². The number of rotatable bonds is 7. The lowest BCUT2D eigenvalue weighted by atomic mass is 10.1. The molecule has 0 atom stereocenters. The van der Waals surface area contributed by atoms with Gasteiger partial charge in [0.25, 0.3) is 0 Å². The highest BCUT2D eigenvalue weighted by Crippen LogP contribution is 2.28. The molecule has 0 bridgehead atoms. The molecule has 0 aliphatic heterocycles. The molecule has 5 nitrogen and oxygen atoms in total. The molecule has 124 valence electrons. The van der Waals surface area contributed by atoms with Gasteiger partial charge in [0.15, 0.2) is 0 Å². The van der Waals surface area contributed by atoms with Crippen LogP contribution < -0.4 is 15.4 Å². The van der Waals surface area contributed by atoms with E-state index < -0.39 is 0 Å². The van der Waals surface area contributed by atoms with Gasteiger partial charge in [-0.1, -0.05) is 25.4 Å². The van der Waals surface area contributed by atoms with Crippen LogP contribution in [0.25, 0.3) is 0 Å². The third-order valence-corrected chi connectivity index (χ3v) is 3.59. The first-order valence-corrected chi connectivity index (χ1v) is 8.06. The van der Waals surface area contributed by atoms with Crippen LogP contribution in [0.5, 0.6) is 5.75 Å². The molecule has 0 saturated heterocycles. The second-order valence-corrected chi connectivity index (χ2v) is 6.21. The van der Waals surface area contributed by atoms with E-state index in [4.69, 9.17) is 16.3 Å². The van der Waals surface area contributed by atoms with Crippen molar-refractivity contribution in [3.63, 3.8) is 0 Å². The third kappa shape index (κ3) is 5.28. The molecule has 0 radical (unpaired) electrons. The lowest BCUT2D eigenvalue weighted by molar-refractivity contribution is 0.415. The van der Waals surface area contributed by atoms with Crippen LogP contribution in [0.1, 0.15) is 26.0 Å². The number of aryl methyl sites for hydroxylation is 1. The van der Waals surface area contributed by atoms with Crippen LogP contribution >= 0.6 is 11.6 Å². The maximum absolute atomic E-state index is 6.14. The van der Waals surface area contributed by atoms with Gasteiger partial charge in [-0.2, -0.15) is 4.98 Å². The number of ether oxygens (including phenoxy) is 1. The van der Waals surface area contributed by atoms with Gasteiger partial charge in [-0.15, -0.1) is 0 Å². The van der Waals surface area contributed by atoms with Crippen LogP contribution in [-0.2, 0) is 0 Å². The van der Waals surface area contributed by atoms with Crippen molar-refractivity contribution >= 4 is 29.1 Å². The molecule has 2 aromatic rings. The summed E-state index contributed by atoms with van der Waals surface area (Å²) in [5, 5.41) is 7.05. The van der Waals surface area contributed by atoms with E-state index in [1.807, 2.05) is 25.1 Å². The molecule has 6 heteroatoms. The molecule has 0 unspecified atom stereocenters. The fourth-order valence-corrected chi connectivity index (χ4v) is 2.33. The van der Waals surface area contributed by atoms with Crippen molar-refractivity contribution in [2.24, 2.45) is 5.92 Å². The molecule has 0 aliphatic rings. The first-order chi connectivity index (χ1) is 11.0. The average Bonchev–Trinajstić information content (AvgIpc) is 2.46. The number of aromatic nitrogens is 2. The van der Waals surface area contributed by atoms with Crippen LogP contribution in [0.4, 0.5) is 17.5 Å². The Kier molecular flexibility index (Phi) is 6.04. The van der Waals surface area contributed by atoms with E-state index in [0.29, 0.717) is 22.6 Å². The maximum atomic E-state index is 6.14. The Morgan fingerprint density at radius 2 is 2.00 bits per heavy atom. The summed E-state index contributed by atoms with van der Waals surface area (Å²) in [5.74, 6) is 2.65. The Hall–Kier alpha value is -2.01. The number of halogens is 1. The van der Waals surface area contributed by atoms with E-state index >= 15 is 0 Å². The van der Waals surface area contributed by atoms with E-state index in [9.17, 15) is 0 Å². The number of benzene rings is 1. The fraction of sp³-hybridized carbons (Fsp3) is 0.412. The van der Waals surface area contributed by atoms with Gasteiger partial charge in [0, 0.05) is 24.0 Å². The average molecular weight is 335 g/mol. The van der Waals surface area contributed by atoms with Crippen LogP contribution in [-0.4, -0.2) is 23.6 Å². The largest absolute Gasteiger partial charge is 0.495 e. The highest BCUT2D eigenvalue weighted by molar-refractivity contribution is 6.32. The van der Waals surface area contributed by atoms with Gasteiger partial charge >= 0.3 is 0 Å². The lowest BCUT2D eigenvalue weighted by Crippen LogP contribution is -2.08. The van der Waals surface area contributed by atoms with Crippen molar-refractivity contribution in [3.05, 3.63) is 35.0 Å². The Morgan fingerprint density at radius 3 is 2.65 bits per heavy atom. The molecule has 0 amide bonds. The molecule has 23 heavy (non-hydrogen) atoms. The zero-order valence-electron chi connectivity index (χ0n) is 14.0. The monoisotopic (exact) mass is 334 g/mol. The van der Waals surface area contributed by atoms with E-state index in [2.05, 4.69) is 34.4 Å². The van der Waals surface area contributed by atoms with Gasteiger partial charge in [0.1, 0.15) is 11.6 Å². The first-order valence-electron chi connectivity index (χ1n) is 7.68. The summed E-state index contributed by atoms with van der Waals surface area (Å²) < 4.78 is 5.15. The molecule has 2 rings (SSSR count). The Morgan fingerprint density at radius 1 is 1.22 bits per heavy atom. The highest BCUT2D eigenvalue weighted by atomic mass is 35.5. The van der Waals surface area contributed by atoms with Gasteiger partial charge in [-0.25, -0.2) is 4.98 Å². The predicted octanol–water partition coefficient (Wildman–Crippen LogP) is 4.65. The van der Waals surface area contributed by atoms with Gasteiger partial charge in [-0.05, 0) is 37.5 Å². The zero-order valence-corrected chi connectivity index (χ0v) is 14.7. The van der Waals surface area contributed by atoms with Crippen LogP contribution in [0.2, 0.25) is 5.02 Å². The highest BCUT2D eigenvalue weighted by Gasteiger charge is 2.06. The first kappa shape index (κ1) is 17.3. The van der Waals surface area contributed by atoms with Gasteiger partial charge in [-0.3, -0.25) is 0 Å². The number of anilines is 3. The van der Waals surface area contributed by atoms with E-state index in [0.717, 1.165) is 30.2 Å². The summed E-state index contributed by atoms with van der Waals surface area (Å²) in [6.45, 7) is 7.24. The Balaban J connectivity index is 2.10. The number of methoxy groups -OCH3 is 1. The van der Waals surface area contributed by atoms with E-state index in [-0.39, 0.29) is 0 Å². The summed E-state index contributed by atoms with van der Waals surface area (Å²) in [4.78, 5) is 8.90. The molecule has 0 saturated carbocycles. The van der Waals surface area contributed by atoms with Crippen molar-refractivity contribution in [2.75, 3.05) is 24.3 Å². The molecule has 1 heterocycles. The summed E-state index contributed by atoms with van der Waals surface area (Å²) in [6.07, 6.45) is 1.10. The minimum absolute atomic E-state index is 0.540. The van der Waals surface area contributed by atoms with E-state index in [1.165, 1.54) is 0 Å². The molecule has 1 aromatic heterocycles. The quantitative estimate of drug-likeness (QED) is 0.771. The van der Waals surface area contributed by atoms with Crippen LogP contribution in [0, 0.1) is 12.8 Å². The van der Waals surface area contributed by atoms with Crippen LogP contribution in [0.15, 0.2) is 24.3 Å². The molecular formula is C17H23ClN4O. The molecule has 2 N–H and O–H groups in total. The SMILES string of the molecule is COc1ccc(Nc2nc(C)cc(NCCC(C)C)n2)cc1Cl. The summed E-state index contributed by atoms with van der Waals surface area (Å²) in [5.41, 5.74) is 1.71. The van der Waals surface area contributed by atoms with Crippen molar-refractivity contribution < 1.29 is 4.74 Å². The molecular weight excluding hydrogens is 312 g/mol. The van der Waals surface area contributed by atoms with Crippen molar-refractivity contribution in [1.29, 1.82) is 0 Å². The summed E-state index contributed by atoms with van der Waals surface area (Å²) >= 11 is 6.14. The minimum Gasteiger partial charge on any atom is -0.495 e.